The van der Waals surface area contributed by atoms with Gasteiger partial charge in [-0.2, -0.15) is 0 Å². The van der Waals surface area contributed by atoms with Crippen molar-refractivity contribution >= 4 is 23.8 Å². The molecule has 0 saturated carbocycles. The van der Waals surface area contributed by atoms with Crippen molar-refractivity contribution in [2.24, 2.45) is 5.73 Å². The fourth-order valence-corrected chi connectivity index (χ4v) is 2.35. The molecule has 9 heteroatoms. The Morgan fingerprint density at radius 3 is 1.48 bits per heavy atom. The zero-order chi connectivity index (χ0) is 24.6. The Labute approximate surface area is 185 Å². The third-order valence-electron chi connectivity index (χ3n) is 3.48. The van der Waals surface area contributed by atoms with Crippen LogP contribution in [0.3, 0.4) is 0 Å². The Bertz CT molecular complexity index is 640. The summed E-state index contributed by atoms with van der Waals surface area (Å²) < 4.78 is 15.8. The van der Waals surface area contributed by atoms with Gasteiger partial charge in [-0.05, 0) is 75.2 Å². The van der Waals surface area contributed by atoms with E-state index in [4.69, 9.17) is 19.9 Å². The number of esters is 3. The second-order valence-electron chi connectivity index (χ2n) is 10.5. The Morgan fingerprint density at radius 2 is 1.10 bits per heavy atom. The van der Waals surface area contributed by atoms with Crippen LogP contribution in [-0.2, 0) is 33.4 Å². The topological polar surface area (TPSA) is 134 Å². The first-order chi connectivity index (χ1) is 13.8. The Morgan fingerprint density at radius 1 is 0.710 bits per heavy atom. The summed E-state index contributed by atoms with van der Waals surface area (Å²) in [6.45, 7) is 15.5. The summed E-state index contributed by atoms with van der Waals surface area (Å²) in [5.41, 5.74) is 3.81. The summed E-state index contributed by atoms with van der Waals surface area (Å²) in [4.78, 5) is 48.9. The molecule has 0 rings (SSSR count). The Kier molecular flexibility index (Phi) is 10.7. The first kappa shape index (κ1) is 28.8. The van der Waals surface area contributed by atoms with Gasteiger partial charge >= 0.3 is 17.9 Å². The Hall–Kier alpha value is -2.16. The lowest BCUT2D eigenvalue weighted by Gasteiger charge is -2.26. The largest absolute Gasteiger partial charge is 0.460 e. The molecule has 9 nitrogen and oxygen atoms in total. The third kappa shape index (κ3) is 15.3. The van der Waals surface area contributed by atoms with E-state index < -0.39 is 52.7 Å². The second kappa shape index (κ2) is 11.5. The van der Waals surface area contributed by atoms with E-state index in [1.807, 2.05) is 0 Å². The molecule has 0 aliphatic heterocycles. The van der Waals surface area contributed by atoms with Crippen LogP contribution in [0, 0.1) is 0 Å². The maximum Gasteiger partial charge on any atom is 0.329 e. The van der Waals surface area contributed by atoms with Gasteiger partial charge in [-0.3, -0.25) is 14.4 Å². The maximum absolute atomic E-state index is 12.5. The minimum atomic E-state index is -1.08. The molecule has 0 aliphatic carbocycles. The highest BCUT2D eigenvalue weighted by atomic mass is 16.6. The molecule has 0 unspecified atom stereocenters. The molecule has 0 aromatic rings. The summed E-state index contributed by atoms with van der Waals surface area (Å²) in [5.74, 6) is -2.26. The number of carbonyl (C=O) groups excluding carboxylic acids is 4. The molecule has 0 bridgehead atoms. The van der Waals surface area contributed by atoms with Crippen molar-refractivity contribution in [2.45, 2.75) is 117 Å². The van der Waals surface area contributed by atoms with E-state index in [2.05, 4.69) is 5.32 Å². The van der Waals surface area contributed by atoms with E-state index in [-0.39, 0.29) is 25.7 Å². The molecule has 0 aromatic heterocycles. The summed E-state index contributed by atoms with van der Waals surface area (Å²) in [6, 6.07) is -2.11. The Balaban J connectivity index is 4.99. The molecular formula is C22H40N2O7. The highest BCUT2D eigenvalue weighted by Crippen LogP contribution is 2.14. The van der Waals surface area contributed by atoms with Gasteiger partial charge in [0.2, 0.25) is 5.91 Å². The third-order valence-corrected chi connectivity index (χ3v) is 3.48. The minimum absolute atomic E-state index is 0.00560. The van der Waals surface area contributed by atoms with Gasteiger partial charge in [0.1, 0.15) is 22.8 Å². The quantitative estimate of drug-likeness (QED) is 0.409. The predicted octanol–water partition coefficient (Wildman–Crippen LogP) is 2.38. The molecule has 0 heterocycles. The number of nitrogens with one attached hydrogen (secondary N) is 1. The van der Waals surface area contributed by atoms with Crippen molar-refractivity contribution < 1.29 is 33.4 Å². The van der Waals surface area contributed by atoms with Crippen molar-refractivity contribution in [3.63, 3.8) is 0 Å². The average Bonchev–Trinajstić information content (AvgIpc) is 2.51. The fourth-order valence-electron chi connectivity index (χ4n) is 2.35. The number of amides is 1. The van der Waals surface area contributed by atoms with Crippen LogP contribution < -0.4 is 11.1 Å². The first-order valence-electron chi connectivity index (χ1n) is 10.5. The molecule has 31 heavy (non-hydrogen) atoms. The lowest BCUT2D eigenvalue weighted by atomic mass is 10.1. The van der Waals surface area contributed by atoms with Gasteiger partial charge in [0.15, 0.2) is 0 Å². The van der Waals surface area contributed by atoms with Gasteiger partial charge in [-0.25, -0.2) is 4.79 Å². The number of hydrogen-bond donors (Lipinski definition) is 2. The van der Waals surface area contributed by atoms with Gasteiger partial charge in [0.05, 0.1) is 6.04 Å². The zero-order valence-corrected chi connectivity index (χ0v) is 20.4. The number of nitrogens with two attached hydrogens (primary N) is 1. The van der Waals surface area contributed by atoms with Gasteiger partial charge < -0.3 is 25.3 Å². The van der Waals surface area contributed by atoms with E-state index >= 15 is 0 Å². The van der Waals surface area contributed by atoms with E-state index in [0.717, 1.165) is 0 Å². The minimum Gasteiger partial charge on any atom is -0.460 e. The van der Waals surface area contributed by atoms with Crippen molar-refractivity contribution in [3.05, 3.63) is 0 Å². The van der Waals surface area contributed by atoms with Crippen molar-refractivity contribution in [1.29, 1.82) is 0 Å². The lowest BCUT2D eigenvalue weighted by Crippen LogP contribution is -2.50. The number of carbonyl (C=O) groups is 4. The van der Waals surface area contributed by atoms with Crippen LogP contribution in [0.4, 0.5) is 0 Å². The van der Waals surface area contributed by atoms with E-state index in [1.165, 1.54) is 0 Å². The van der Waals surface area contributed by atoms with Crippen molar-refractivity contribution in [1.82, 2.24) is 5.32 Å². The zero-order valence-electron chi connectivity index (χ0n) is 20.4. The number of ether oxygens (including phenoxy) is 3. The molecule has 2 atom stereocenters. The second-order valence-corrected chi connectivity index (χ2v) is 10.5. The summed E-state index contributed by atoms with van der Waals surface area (Å²) in [5, 5.41) is 2.53. The molecule has 1 amide bonds. The van der Waals surface area contributed by atoms with E-state index in [9.17, 15) is 19.2 Å². The van der Waals surface area contributed by atoms with Crippen LogP contribution in [0.2, 0.25) is 0 Å². The molecule has 0 saturated heterocycles. The predicted molar refractivity (Wildman–Crippen MR) is 116 cm³/mol. The molecular weight excluding hydrogens is 404 g/mol. The highest BCUT2D eigenvalue weighted by Gasteiger charge is 2.30. The number of hydrogen-bond acceptors (Lipinski definition) is 8. The van der Waals surface area contributed by atoms with Crippen LogP contribution >= 0.6 is 0 Å². The molecule has 0 radical (unpaired) electrons. The van der Waals surface area contributed by atoms with Gasteiger partial charge in [0.25, 0.3) is 0 Å². The molecule has 180 valence electrons. The van der Waals surface area contributed by atoms with Gasteiger partial charge in [-0.15, -0.1) is 0 Å². The molecule has 0 fully saturated rings. The summed E-state index contributed by atoms with van der Waals surface area (Å²) >= 11 is 0. The maximum atomic E-state index is 12.5. The van der Waals surface area contributed by atoms with Crippen LogP contribution in [0.1, 0.15) is 88.0 Å². The molecule has 0 aromatic carbocycles. The van der Waals surface area contributed by atoms with Gasteiger partial charge in [0, 0.05) is 12.8 Å². The SMILES string of the molecule is CC(C)(C)OC(=O)CC[C@H](NC(=O)[C@@H](N)CCC(=O)OC(C)(C)C)C(=O)OC(C)(C)C. The van der Waals surface area contributed by atoms with Crippen LogP contribution in [0.5, 0.6) is 0 Å². The lowest BCUT2D eigenvalue weighted by molar-refractivity contribution is -0.160. The summed E-state index contributed by atoms with van der Waals surface area (Å²) in [7, 11) is 0. The molecule has 0 aliphatic rings. The van der Waals surface area contributed by atoms with Crippen LogP contribution in [0.15, 0.2) is 0 Å². The average molecular weight is 445 g/mol. The van der Waals surface area contributed by atoms with E-state index in [1.54, 1.807) is 62.3 Å². The van der Waals surface area contributed by atoms with E-state index in [0.29, 0.717) is 0 Å². The molecule has 3 N–H and O–H groups in total. The fraction of sp³-hybridized carbons (Fsp3) is 0.818. The number of rotatable bonds is 9. The standard InChI is InChI=1S/C22H40N2O7/c1-20(2,3)29-16(25)12-10-14(23)18(27)24-15(19(28)31-22(7,8)9)11-13-17(26)30-21(4,5)6/h14-15H,10-13,23H2,1-9H3,(H,24,27)/t14-,15-/m0/s1. The van der Waals surface area contributed by atoms with Crippen LogP contribution in [0.25, 0.3) is 0 Å². The first-order valence-corrected chi connectivity index (χ1v) is 10.5. The summed E-state index contributed by atoms with van der Waals surface area (Å²) in [6.07, 6.45) is -0.0856. The van der Waals surface area contributed by atoms with Crippen LogP contribution in [-0.4, -0.2) is 52.7 Å². The highest BCUT2D eigenvalue weighted by molar-refractivity contribution is 5.88. The molecule has 0 spiro atoms. The van der Waals surface area contributed by atoms with Crippen molar-refractivity contribution in [3.8, 4) is 0 Å². The van der Waals surface area contributed by atoms with Crippen molar-refractivity contribution in [2.75, 3.05) is 0 Å². The monoisotopic (exact) mass is 444 g/mol. The normalized spacial score (nSPS) is 14.3. The van der Waals surface area contributed by atoms with Gasteiger partial charge in [-0.1, -0.05) is 0 Å². The smallest absolute Gasteiger partial charge is 0.329 e.